The van der Waals surface area contributed by atoms with Crippen LogP contribution in [0.2, 0.25) is 0 Å². The zero-order chi connectivity index (χ0) is 15.1. The van der Waals surface area contributed by atoms with Crippen LogP contribution in [0.3, 0.4) is 0 Å². The predicted molar refractivity (Wildman–Crippen MR) is 68.6 cm³/mol. The van der Waals surface area contributed by atoms with E-state index in [0.717, 1.165) is 0 Å². The van der Waals surface area contributed by atoms with Crippen LogP contribution in [-0.2, 0) is 23.1 Å². The Morgan fingerprint density at radius 1 is 1.21 bits per heavy atom. The van der Waals surface area contributed by atoms with Gasteiger partial charge in [-0.05, 0) is 27.7 Å². The molecule has 0 aliphatic rings. The van der Waals surface area contributed by atoms with Crippen molar-refractivity contribution in [2.75, 3.05) is 13.2 Å². The Morgan fingerprint density at radius 3 is 2.05 bits per heavy atom. The Labute approximate surface area is 112 Å². The van der Waals surface area contributed by atoms with E-state index < -0.39 is 31.5 Å². The molecule has 0 radical (unpaired) electrons. The molecule has 8 nitrogen and oxygen atoms in total. The fourth-order valence-electron chi connectivity index (χ4n) is 1.25. The highest BCUT2D eigenvalue weighted by molar-refractivity contribution is 7.54. The summed E-state index contributed by atoms with van der Waals surface area (Å²) in [5.74, 6) is -1.50. The molecule has 0 aliphatic heterocycles. The molecule has 0 aromatic rings. The highest BCUT2D eigenvalue weighted by atomic mass is 31.2. The molecule has 0 aromatic heterocycles. The van der Waals surface area contributed by atoms with Gasteiger partial charge in [-0.15, -0.1) is 0 Å². The Bertz CT molecular complexity index is 352. The van der Waals surface area contributed by atoms with E-state index in [1.807, 2.05) is 0 Å². The number of carbonyl (C=O) groups excluding carboxylic acids is 2. The number of rotatable bonds is 8. The number of carbonyl (C=O) groups is 2. The van der Waals surface area contributed by atoms with Crippen LogP contribution in [0.5, 0.6) is 0 Å². The van der Waals surface area contributed by atoms with E-state index in [4.69, 9.17) is 14.8 Å². The lowest BCUT2D eigenvalue weighted by Gasteiger charge is -2.25. The van der Waals surface area contributed by atoms with Crippen LogP contribution < -0.4 is 11.1 Å². The number of ether oxygens (including phenoxy) is 1. The standard InChI is InChI=1S/C10H21N2O6P/c1-5-16-19(15,17-6-2)8(4)12-9(13)7(3)18-10(11)14/h7-8H,5-6H2,1-4H3,(H2,11,14)(H,12,13)/t7?,8-/m1/s1. The summed E-state index contributed by atoms with van der Waals surface area (Å²) in [5, 5.41) is 2.41. The molecule has 0 aliphatic carbocycles. The van der Waals surface area contributed by atoms with Crippen molar-refractivity contribution in [3.8, 4) is 0 Å². The zero-order valence-electron chi connectivity index (χ0n) is 11.5. The Balaban J connectivity index is 4.63. The van der Waals surface area contributed by atoms with Gasteiger partial charge in [0.1, 0.15) is 5.78 Å². The number of nitrogens with one attached hydrogen (secondary N) is 1. The van der Waals surface area contributed by atoms with Gasteiger partial charge in [-0.2, -0.15) is 0 Å². The molecule has 0 fully saturated rings. The number of amides is 2. The lowest BCUT2D eigenvalue weighted by atomic mass is 10.4. The van der Waals surface area contributed by atoms with E-state index in [9.17, 15) is 14.2 Å². The second-order valence-corrected chi connectivity index (χ2v) is 6.01. The van der Waals surface area contributed by atoms with Crippen LogP contribution >= 0.6 is 7.60 Å². The van der Waals surface area contributed by atoms with E-state index >= 15 is 0 Å². The van der Waals surface area contributed by atoms with E-state index in [1.54, 1.807) is 13.8 Å². The summed E-state index contributed by atoms with van der Waals surface area (Å²) in [5.41, 5.74) is 4.80. The molecule has 0 rings (SSSR count). The first-order valence-electron chi connectivity index (χ1n) is 5.92. The van der Waals surface area contributed by atoms with Crippen molar-refractivity contribution in [3.63, 3.8) is 0 Å². The molecule has 2 amide bonds. The van der Waals surface area contributed by atoms with Crippen molar-refractivity contribution in [2.45, 2.75) is 39.6 Å². The first-order chi connectivity index (χ1) is 8.76. The third-order valence-electron chi connectivity index (χ3n) is 2.11. The summed E-state index contributed by atoms with van der Waals surface area (Å²) in [4.78, 5) is 22.2. The minimum atomic E-state index is -3.44. The number of primary amides is 1. The summed E-state index contributed by atoms with van der Waals surface area (Å²) >= 11 is 0. The van der Waals surface area contributed by atoms with Crippen LogP contribution in [0.4, 0.5) is 4.79 Å². The maximum absolute atomic E-state index is 12.3. The molecule has 19 heavy (non-hydrogen) atoms. The van der Waals surface area contributed by atoms with Gasteiger partial charge >= 0.3 is 13.7 Å². The monoisotopic (exact) mass is 296 g/mol. The van der Waals surface area contributed by atoms with Crippen molar-refractivity contribution in [1.29, 1.82) is 0 Å². The molecule has 0 bridgehead atoms. The zero-order valence-corrected chi connectivity index (χ0v) is 12.4. The molecule has 0 saturated heterocycles. The third kappa shape index (κ3) is 6.04. The van der Waals surface area contributed by atoms with Crippen LogP contribution in [0, 0.1) is 0 Å². The normalized spacial score (nSPS) is 14.5. The maximum atomic E-state index is 12.3. The molecule has 1 unspecified atom stereocenters. The summed E-state index contributed by atoms with van der Waals surface area (Å²) in [6.07, 6.45) is -2.15. The lowest BCUT2D eigenvalue weighted by molar-refractivity contribution is -0.128. The fraction of sp³-hybridized carbons (Fsp3) is 0.800. The van der Waals surface area contributed by atoms with Gasteiger partial charge in [-0.1, -0.05) is 0 Å². The van der Waals surface area contributed by atoms with Crippen LogP contribution in [-0.4, -0.2) is 37.1 Å². The van der Waals surface area contributed by atoms with Gasteiger partial charge in [0.15, 0.2) is 6.10 Å². The molecule has 0 saturated carbocycles. The van der Waals surface area contributed by atoms with Gasteiger partial charge in [-0.25, -0.2) is 4.79 Å². The first kappa shape index (κ1) is 17.9. The first-order valence-corrected chi connectivity index (χ1v) is 7.53. The largest absolute Gasteiger partial charge is 0.437 e. The average Bonchev–Trinajstić information content (AvgIpc) is 2.28. The van der Waals surface area contributed by atoms with Gasteiger partial charge in [0.05, 0.1) is 13.2 Å². The number of hydrogen-bond donors (Lipinski definition) is 2. The number of hydrogen-bond acceptors (Lipinski definition) is 6. The maximum Gasteiger partial charge on any atom is 0.405 e. The van der Waals surface area contributed by atoms with E-state index in [-0.39, 0.29) is 13.2 Å². The van der Waals surface area contributed by atoms with Gasteiger partial charge in [0, 0.05) is 0 Å². The van der Waals surface area contributed by atoms with Crippen molar-refractivity contribution >= 4 is 19.6 Å². The average molecular weight is 296 g/mol. The Morgan fingerprint density at radius 2 is 1.68 bits per heavy atom. The molecule has 0 heterocycles. The van der Waals surface area contributed by atoms with Gasteiger partial charge < -0.3 is 24.8 Å². The summed E-state index contributed by atoms with van der Waals surface area (Å²) in [6.45, 7) is 6.54. The summed E-state index contributed by atoms with van der Waals surface area (Å²) in [6, 6.07) is 0. The van der Waals surface area contributed by atoms with Crippen LogP contribution in [0.1, 0.15) is 27.7 Å². The molecule has 3 N–H and O–H groups in total. The molecule has 0 spiro atoms. The van der Waals surface area contributed by atoms with E-state index in [1.165, 1.54) is 13.8 Å². The molecule has 0 aromatic carbocycles. The second kappa shape index (κ2) is 8.14. The minimum absolute atomic E-state index is 0.185. The number of nitrogens with two attached hydrogens (primary N) is 1. The van der Waals surface area contributed by atoms with Crippen molar-refractivity contribution in [3.05, 3.63) is 0 Å². The van der Waals surface area contributed by atoms with Crippen LogP contribution in [0.15, 0.2) is 0 Å². The lowest BCUT2D eigenvalue weighted by Crippen LogP contribution is -2.41. The van der Waals surface area contributed by atoms with Crippen molar-refractivity contribution < 1.29 is 27.9 Å². The SMILES string of the molecule is CCOP(=O)(OCC)[C@H](C)NC(=O)C(C)OC(N)=O. The minimum Gasteiger partial charge on any atom is -0.437 e. The second-order valence-electron chi connectivity index (χ2n) is 3.64. The van der Waals surface area contributed by atoms with Gasteiger partial charge in [0.2, 0.25) is 0 Å². The van der Waals surface area contributed by atoms with Crippen molar-refractivity contribution in [2.24, 2.45) is 5.73 Å². The quantitative estimate of drug-likeness (QED) is 0.650. The van der Waals surface area contributed by atoms with E-state index in [0.29, 0.717) is 0 Å². The van der Waals surface area contributed by atoms with Crippen LogP contribution in [0.25, 0.3) is 0 Å². The molecule has 2 atom stereocenters. The Kier molecular flexibility index (Phi) is 7.66. The highest BCUT2D eigenvalue weighted by Crippen LogP contribution is 2.51. The topological polar surface area (TPSA) is 117 Å². The summed E-state index contributed by atoms with van der Waals surface area (Å²) < 4.78 is 27.0. The third-order valence-corrected chi connectivity index (χ3v) is 4.42. The molecule has 9 heteroatoms. The molecular weight excluding hydrogens is 275 g/mol. The summed E-state index contributed by atoms with van der Waals surface area (Å²) in [7, 11) is -3.44. The van der Waals surface area contributed by atoms with Crippen molar-refractivity contribution in [1.82, 2.24) is 5.32 Å². The molecule has 112 valence electrons. The predicted octanol–water partition coefficient (Wildman–Crippen LogP) is 1.20. The highest BCUT2D eigenvalue weighted by Gasteiger charge is 2.34. The fourth-order valence-corrected chi connectivity index (χ4v) is 2.78. The smallest absolute Gasteiger partial charge is 0.405 e. The Hall–Kier alpha value is -1.11. The van der Waals surface area contributed by atoms with Gasteiger partial charge in [-0.3, -0.25) is 9.36 Å². The van der Waals surface area contributed by atoms with Gasteiger partial charge in [0.25, 0.3) is 5.91 Å². The van der Waals surface area contributed by atoms with E-state index in [2.05, 4.69) is 10.1 Å². The molecular formula is C10H21N2O6P.